The lowest BCUT2D eigenvalue weighted by Crippen LogP contribution is -2.39. The molecule has 0 heterocycles. The number of carbonyl (C=O) groups excluding carboxylic acids is 1. The van der Waals surface area contributed by atoms with Crippen LogP contribution in [0.25, 0.3) is 0 Å². The van der Waals surface area contributed by atoms with Crippen molar-refractivity contribution in [3.05, 3.63) is 34.1 Å². The Hall–Kier alpha value is -1.43. The van der Waals surface area contributed by atoms with E-state index < -0.39 is 17.2 Å². The fraction of sp³-hybridized carbons (Fsp3) is 0.385. The minimum Gasteiger partial charge on any atom is -0.481 e. The second-order valence-electron chi connectivity index (χ2n) is 4.89. The SMILES string of the molecule is CC(C)(CNC(=O)Cc1ccc(F)c(Br)c1)C(=O)O. The van der Waals surface area contributed by atoms with Gasteiger partial charge in [-0.25, -0.2) is 4.39 Å². The van der Waals surface area contributed by atoms with Crippen molar-refractivity contribution in [3.8, 4) is 0 Å². The summed E-state index contributed by atoms with van der Waals surface area (Å²) >= 11 is 3.04. The molecule has 1 aromatic rings. The molecule has 4 nitrogen and oxygen atoms in total. The molecule has 0 bridgehead atoms. The molecule has 0 saturated heterocycles. The fourth-order valence-electron chi connectivity index (χ4n) is 1.29. The lowest BCUT2D eigenvalue weighted by atomic mass is 9.94. The first-order valence-corrected chi connectivity index (χ1v) is 6.46. The van der Waals surface area contributed by atoms with Gasteiger partial charge < -0.3 is 10.4 Å². The van der Waals surface area contributed by atoms with E-state index in [1.165, 1.54) is 32.0 Å². The maximum absolute atomic E-state index is 13.0. The lowest BCUT2D eigenvalue weighted by Gasteiger charge is -2.19. The Bertz CT molecular complexity index is 503. The van der Waals surface area contributed by atoms with E-state index in [0.717, 1.165) is 0 Å². The van der Waals surface area contributed by atoms with Crippen molar-refractivity contribution in [2.45, 2.75) is 20.3 Å². The normalized spacial score (nSPS) is 11.2. The number of carbonyl (C=O) groups is 2. The van der Waals surface area contributed by atoms with E-state index in [-0.39, 0.29) is 18.9 Å². The second kappa shape index (κ2) is 6.14. The summed E-state index contributed by atoms with van der Waals surface area (Å²) in [4.78, 5) is 22.5. The zero-order valence-corrected chi connectivity index (χ0v) is 12.3. The average Bonchev–Trinajstić information content (AvgIpc) is 2.31. The predicted molar refractivity (Wildman–Crippen MR) is 72.2 cm³/mol. The molecular weight excluding hydrogens is 317 g/mol. The van der Waals surface area contributed by atoms with Crippen LogP contribution in [0.5, 0.6) is 0 Å². The number of hydrogen-bond acceptors (Lipinski definition) is 2. The third kappa shape index (κ3) is 4.63. The van der Waals surface area contributed by atoms with Gasteiger partial charge in [-0.15, -0.1) is 0 Å². The molecule has 0 spiro atoms. The molecule has 1 aromatic carbocycles. The van der Waals surface area contributed by atoms with E-state index in [4.69, 9.17) is 5.11 Å². The number of aliphatic carboxylic acids is 1. The molecule has 0 atom stereocenters. The number of halogens is 2. The molecule has 0 aliphatic heterocycles. The van der Waals surface area contributed by atoms with Gasteiger partial charge in [0.25, 0.3) is 0 Å². The number of hydrogen-bond donors (Lipinski definition) is 2. The number of benzene rings is 1. The van der Waals surface area contributed by atoms with Gasteiger partial charge in [-0.2, -0.15) is 0 Å². The van der Waals surface area contributed by atoms with Crippen LogP contribution in [0.15, 0.2) is 22.7 Å². The summed E-state index contributed by atoms with van der Waals surface area (Å²) < 4.78 is 13.3. The standard InChI is InChI=1S/C13H15BrFNO3/c1-13(2,12(18)19)7-16-11(17)6-8-3-4-10(15)9(14)5-8/h3-5H,6-7H2,1-2H3,(H,16,17)(H,18,19). The molecule has 19 heavy (non-hydrogen) atoms. The van der Waals surface area contributed by atoms with Crippen LogP contribution >= 0.6 is 15.9 Å². The molecule has 1 amide bonds. The van der Waals surface area contributed by atoms with E-state index in [2.05, 4.69) is 21.2 Å². The molecule has 0 unspecified atom stereocenters. The third-order valence-corrected chi connectivity index (χ3v) is 3.26. The van der Waals surface area contributed by atoms with Crippen molar-refractivity contribution in [2.24, 2.45) is 5.41 Å². The van der Waals surface area contributed by atoms with E-state index in [9.17, 15) is 14.0 Å². The Morgan fingerprint density at radius 2 is 2.05 bits per heavy atom. The Labute approximate surface area is 119 Å². The smallest absolute Gasteiger partial charge is 0.310 e. The number of amides is 1. The maximum Gasteiger partial charge on any atom is 0.310 e. The number of nitrogens with one attached hydrogen (secondary N) is 1. The van der Waals surface area contributed by atoms with Crippen LogP contribution in [-0.4, -0.2) is 23.5 Å². The third-order valence-electron chi connectivity index (χ3n) is 2.66. The van der Waals surface area contributed by atoms with E-state index in [1.54, 1.807) is 0 Å². The van der Waals surface area contributed by atoms with Crippen molar-refractivity contribution >= 4 is 27.8 Å². The molecule has 6 heteroatoms. The summed E-state index contributed by atoms with van der Waals surface area (Å²) in [5, 5.41) is 11.5. The summed E-state index contributed by atoms with van der Waals surface area (Å²) in [6, 6.07) is 4.31. The van der Waals surface area contributed by atoms with Crippen molar-refractivity contribution < 1.29 is 19.1 Å². The van der Waals surface area contributed by atoms with Gasteiger partial charge in [0.1, 0.15) is 5.82 Å². The van der Waals surface area contributed by atoms with Gasteiger partial charge >= 0.3 is 5.97 Å². The first-order chi connectivity index (χ1) is 8.72. The zero-order valence-electron chi connectivity index (χ0n) is 10.7. The Kier molecular flexibility index (Phi) is 5.05. The number of rotatable bonds is 5. The van der Waals surface area contributed by atoms with Crippen LogP contribution in [0, 0.1) is 11.2 Å². The summed E-state index contributed by atoms with van der Waals surface area (Å²) in [7, 11) is 0. The van der Waals surface area contributed by atoms with Gasteiger partial charge in [-0.05, 0) is 47.5 Å². The Morgan fingerprint density at radius 3 is 2.58 bits per heavy atom. The Balaban J connectivity index is 2.56. The lowest BCUT2D eigenvalue weighted by molar-refractivity contribution is -0.146. The summed E-state index contributed by atoms with van der Waals surface area (Å²) in [5.74, 6) is -1.67. The van der Waals surface area contributed by atoms with Crippen molar-refractivity contribution in [1.29, 1.82) is 0 Å². The molecular formula is C13H15BrFNO3. The van der Waals surface area contributed by atoms with Gasteiger partial charge in [0, 0.05) is 6.54 Å². The monoisotopic (exact) mass is 331 g/mol. The molecule has 0 saturated carbocycles. The van der Waals surface area contributed by atoms with Crippen molar-refractivity contribution in [1.82, 2.24) is 5.32 Å². The van der Waals surface area contributed by atoms with Crippen LogP contribution in [-0.2, 0) is 16.0 Å². The molecule has 104 valence electrons. The van der Waals surface area contributed by atoms with Gasteiger partial charge in [0.2, 0.25) is 5.91 Å². The summed E-state index contributed by atoms with van der Waals surface area (Å²) in [5.41, 5.74) is -0.363. The van der Waals surface area contributed by atoms with Gasteiger partial charge in [0.15, 0.2) is 0 Å². The van der Waals surface area contributed by atoms with Crippen molar-refractivity contribution in [2.75, 3.05) is 6.54 Å². The number of carboxylic acid groups (broad SMARTS) is 1. The molecule has 0 radical (unpaired) electrons. The minimum absolute atomic E-state index is 0.0452. The minimum atomic E-state index is -1.01. The molecule has 0 aliphatic rings. The highest BCUT2D eigenvalue weighted by atomic mass is 79.9. The molecule has 0 fully saturated rings. The van der Waals surface area contributed by atoms with Gasteiger partial charge in [-0.1, -0.05) is 6.07 Å². The quantitative estimate of drug-likeness (QED) is 0.870. The second-order valence-corrected chi connectivity index (χ2v) is 5.75. The zero-order chi connectivity index (χ0) is 14.6. The number of carboxylic acids is 1. The highest BCUT2D eigenvalue weighted by molar-refractivity contribution is 9.10. The molecule has 2 N–H and O–H groups in total. The van der Waals surface area contributed by atoms with Crippen LogP contribution in [0.2, 0.25) is 0 Å². The molecule has 1 rings (SSSR count). The van der Waals surface area contributed by atoms with E-state index in [0.29, 0.717) is 10.0 Å². The highest BCUT2D eigenvalue weighted by Crippen LogP contribution is 2.17. The first kappa shape index (κ1) is 15.6. The fourth-order valence-corrected chi connectivity index (χ4v) is 1.72. The topological polar surface area (TPSA) is 66.4 Å². The predicted octanol–water partition coefficient (Wildman–Crippen LogP) is 2.36. The van der Waals surface area contributed by atoms with E-state index in [1.807, 2.05) is 0 Å². The Morgan fingerprint density at radius 1 is 1.42 bits per heavy atom. The van der Waals surface area contributed by atoms with Crippen LogP contribution < -0.4 is 5.32 Å². The maximum atomic E-state index is 13.0. The van der Waals surface area contributed by atoms with Gasteiger partial charge in [0.05, 0.1) is 16.3 Å². The average molecular weight is 332 g/mol. The summed E-state index contributed by atoms with van der Waals surface area (Å²) in [6.45, 7) is 3.11. The van der Waals surface area contributed by atoms with Crippen molar-refractivity contribution in [3.63, 3.8) is 0 Å². The molecule has 0 aliphatic carbocycles. The first-order valence-electron chi connectivity index (χ1n) is 5.66. The van der Waals surface area contributed by atoms with Crippen LogP contribution in [0.4, 0.5) is 4.39 Å². The van der Waals surface area contributed by atoms with Crippen LogP contribution in [0.3, 0.4) is 0 Å². The largest absolute Gasteiger partial charge is 0.481 e. The van der Waals surface area contributed by atoms with Gasteiger partial charge in [-0.3, -0.25) is 9.59 Å². The summed E-state index contributed by atoms with van der Waals surface area (Å²) in [6.07, 6.45) is 0.0780. The van der Waals surface area contributed by atoms with Crippen LogP contribution in [0.1, 0.15) is 19.4 Å². The molecule has 0 aromatic heterocycles. The highest BCUT2D eigenvalue weighted by Gasteiger charge is 2.27. The van der Waals surface area contributed by atoms with E-state index >= 15 is 0 Å².